The van der Waals surface area contributed by atoms with E-state index in [0.717, 1.165) is 42.4 Å². The minimum atomic E-state index is -1.95. The quantitative estimate of drug-likeness (QED) is 0.201. The fourth-order valence-electron chi connectivity index (χ4n) is 8.38. The van der Waals surface area contributed by atoms with E-state index in [-0.39, 0.29) is 35.5 Å². The lowest BCUT2D eigenvalue weighted by molar-refractivity contribution is -0.144. The number of amides is 4. The molecule has 5 aliphatic rings. The molecule has 214 valence electrons. The van der Waals surface area contributed by atoms with Crippen molar-refractivity contribution in [3.8, 4) is 5.75 Å². The first-order chi connectivity index (χ1) is 19.6. The smallest absolute Gasteiger partial charge is 0.254 e. The first-order valence-corrected chi connectivity index (χ1v) is 16.1. The fraction of sp³-hybridized carbons (Fsp3) is 0.484. The van der Waals surface area contributed by atoms with Crippen molar-refractivity contribution < 1.29 is 24.3 Å². The van der Waals surface area contributed by atoms with Crippen LogP contribution in [0, 0.1) is 17.8 Å². The number of halogens is 3. The lowest BCUT2D eigenvalue weighted by Crippen LogP contribution is -2.60. The SMILES string of the molecule is O=C1[C@H]2[C@H](CC=C3[C@H]2C[C@@]2(Cl)C(=O)N(CBr)C(=O)[C@@]2(Cl)[C@H]3c2c(O)ccc3ccccc23)C(=O)N1C1CCCCC1. The third-order valence-corrected chi connectivity index (χ3v) is 12.1. The van der Waals surface area contributed by atoms with Crippen molar-refractivity contribution in [3.05, 3.63) is 53.6 Å². The van der Waals surface area contributed by atoms with E-state index in [2.05, 4.69) is 15.9 Å². The molecule has 4 fully saturated rings. The Hall–Kier alpha value is -2.42. The van der Waals surface area contributed by atoms with E-state index in [1.165, 1.54) is 4.90 Å². The maximum Gasteiger partial charge on any atom is 0.254 e. The molecular weight excluding hydrogens is 631 g/mol. The predicted octanol–water partition coefficient (Wildman–Crippen LogP) is 5.59. The topological polar surface area (TPSA) is 95.0 Å². The summed E-state index contributed by atoms with van der Waals surface area (Å²) in [7, 11) is 0. The predicted molar refractivity (Wildman–Crippen MR) is 158 cm³/mol. The number of allylic oxidation sites excluding steroid dienone is 2. The van der Waals surface area contributed by atoms with Gasteiger partial charge in [0.2, 0.25) is 11.8 Å². The molecule has 2 saturated carbocycles. The van der Waals surface area contributed by atoms with Crippen LogP contribution in [0.15, 0.2) is 48.0 Å². The number of rotatable bonds is 3. The number of carbonyl (C=O) groups is 4. The molecule has 0 unspecified atom stereocenters. The summed E-state index contributed by atoms with van der Waals surface area (Å²) < 4.78 is 0. The molecule has 0 bridgehead atoms. The van der Waals surface area contributed by atoms with Gasteiger partial charge in [0, 0.05) is 17.5 Å². The summed E-state index contributed by atoms with van der Waals surface area (Å²) in [6, 6.07) is 10.7. The minimum Gasteiger partial charge on any atom is -0.508 e. The van der Waals surface area contributed by atoms with Crippen LogP contribution in [0.5, 0.6) is 5.75 Å². The summed E-state index contributed by atoms with van der Waals surface area (Å²) in [6.45, 7) is 0. The first-order valence-electron chi connectivity index (χ1n) is 14.2. The highest BCUT2D eigenvalue weighted by atomic mass is 79.9. The molecule has 10 heteroatoms. The van der Waals surface area contributed by atoms with E-state index < -0.39 is 45.2 Å². The van der Waals surface area contributed by atoms with Crippen molar-refractivity contribution >= 4 is 73.5 Å². The molecule has 2 aromatic rings. The van der Waals surface area contributed by atoms with Crippen LogP contribution in [0.3, 0.4) is 0 Å². The molecule has 2 aliphatic heterocycles. The minimum absolute atomic E-state index is 0.0569. The third-order valence-electron chi connectivity index (χ3n) is 10.2. The van der Waals surface area contributed by atoms with Crippen molar-refractivity contribution in [2.75, 3.05) is 5.45 Å². The summed E-state index contributed by atoms with van der Waals surface area (Å²) in [5.41, 5.74) is 0.995. The summed E-state index contributed by atoms with van der Waals surface area (Å²) >= 11 is 17.9. The molecule has 0 aromatic heterocycles. The Morgan fingerprint density at radius 3 is 2.39 bits per heavy atom. The van der Waals surface area contributed by atoms with Crippen LogP contribution < -0.4 is 0 Å². The number of carbonyl (C=O) groups excluding carboxylic acids is 4. The Morgan fingerprint density at radius 2 is 1.66 bits per heavy atom. The van der Waals surface area contributed by atoms with E-state index in [1.807, 2.05) is 30.3 Å². The zero-order valence-electron chi connectivity index (χ0n) is 22.2. The second-order valence-electron chi connectivity index (χ2n) is 12.0. The average Bonchev–Trinajstić information content (AvgIpc) is 3.31. The molecular formula is C31H29BrCl2N2O5. The number of likely N-dealkylation sites (tertiary alicyclic amines) is 2. The van der Waals surface area contributed by atoms with Gasteiger partial charge in [-0.1, -0.05) is 77.2 Å². The van der Waals surface area contributed by atoms with Gasteiger partial charge in [-0.25, -0.2) is 0 Å². The van der Waals surface area contributed by atoms with Crippen molar-refractivity contribution in [3.63, 3.8) is 0 Å². The lowest BCUT2D eigenvalue weighted by atomic mass is 9.56. The maximum absolute atomic E-state index is 14.2. The molecule has 2 saturated heterocycles. The van der Waals surface area contributed by atoms with Crippen molar-refractivity contribution in [1.29, 1.82) is 0 Å². The lowest BCUT2D eigenvalue weighted by Gasteiger charge is -2.51. The highest BCUT2D eigenvalue weighted by Gasteiger charge is 2.76. The van der Waals surface area contributed by atoms with Crippen LogP contribution in [-0.2, 0) is 19.2 Å². The Kier molecular flexibility index (Phi) is 6.38. The number of aromatic hydroxyl groups is 1. The van der Waals surface area contributed by atoms with Crippen molar-refractivity contribution in [2.45, 2.75) is 66.7 Å². The molecule has 0 radical (unpaired) electrons. The highest BCUT2D eigenvalue weighted by Crippen LogP contribution is 2.66. The second-order valence-corrected chi connectivity index (χ2v) is 13.8. The molecule has 4 amide bonds. The summed E-state index contributed by atoms with van der Waals surface area (Å²) in [5.74, 6) is -4.60. The van der Waals surface area contributed by atoms with Crippen LogP contribution in [0.25, 0.3) is 10.8 Å². The molecule has 7 nitrogen and oxygen atoms in total. The van der Waals surface area contributed by atoms with Gasteiger partial charge in [0.15, 0.2) is 9.75 Å². The van der Waals surface area contributed by atoms with Gasteiger partial charge in [-0.2, -0.15) is 0 Å². The zero-order chi connectivity index (χ0) is 28.8. The number of phenolic OH excluding ortho intramolecular Hbond substituents is 1. The molecule has 2 aromatic carbocycles. The maximum atomic E-state index is 14.2. The van der Waals surface area contributed by atoms with E-state index in [0.29, 0.717) is 22.9 Å². The molecule has 7 rings (SSSR count). The van der Waals surface area contributed by atoms with Crippen LogP contribution in [-0.4, -0.2) is 59.8 Å². The first kappa shape index (κ1) is 27.4. The molecule has 3 aliphatic carbocycles. The standard InChI is InChI=1S/C31H29BrCl2N2O5/c32-15-35-28(40)30(33)14-21-19(11-12-20-23(21)27(39)36(26(20)38)17-7-2-1-3-8-17)25(31(30,34)29(35)41)24-18-9-5-4-6-16(18)10-13-22(24)37/h4-6,9-11,13,17,20-21,23,25,37H,1-3,7-8,12,14-15H2/t20-,21+,23-,25+,30+,31-/m0/s1. The fourth-order valence-corrected chi connectivity index (χ4v) is 9.79. The average molecular weight is 660 g/mol. The van der Waals surface area contributed by atoms with Gasteiger partial charge in [0.1, 0.15) is 5.75 Å². The summed E-state index contributed by atoms with van der Waals surface area (Å²) in [4.78, 5) is 54.5. The Morgan fingerprint density at radius 1 is 0.927 bits per heavy atom. The summed E-state index contributed by atoms with van der Waals surface area (Å²) in [5, 5.41) is 12.9. The molecule has 2 heterocycles. The van der Waals surface area contributed by atoms with Crippen molar-refractivity contribution in [2.24, 2.45) is 17.8 Å². The second kappa shape index (κ2) is 9.55. The third kappa shape index (κ3) is 3.50. The molecule has 0 spiro atoms. The van der Waals surface area contributed by atoms with Crippen molar-refractivity contribution in [1.82, 2.24) is 9.80 Å². The van der Waals surface area contributed by atoms with Crippen LogP contribution in [0.2, 0.25) is 0 Å². The van der Waals surface area contributed by atoms with Crippen LogP contribution in [0.4, 0.5) is 0 Å². The number of hydrogen-bond donors (Lipinski definition) is 1. The van der Waals surface area contributed by atoms with Gasteiger partial charge in [-0.15, -0.1) is 23.2 Å². The van der Waals surface area contributed by atoms with Crippen LogP contribution in [0.1, 0.15) is 56.4 Å². The normalized spacial score (nSPS) is 35.5. The molecule has 1 N–H and O–H groups in total. The Bertz CT molecular complexity index is 1560. The van der Waals surface area contributed by atoms with E-state index in [9.17, 15) is 24.3 Å². The Balaban J connectivity index is 1.44. The number of benzene rings is 2. The summed E-state index contributed by atoms with van der Waals surface area (Å²) in [6.07, 6.45) is 6.82. The van der Waals surface area contributed by atoms with Gasteiger partial charge in [-0.3, -0.25) is 29.0 Å². The molecule has 6 atom stereocenters. The largest absolute Gasteiger partial charge is 0.508 e. The zero-order valence-corrected chi connectivity index (χ0v) is 25.3. The number of imide groups is 2. The van der Waals surface area contributed by atoms with E-state index in [4.69, 9.17) is 23.2 Å². The van der Waals surface area contributed by atoms with Gasteiger partial charge in [0.05, 0.1) is 17.3 Å². The highest BCUT2D eigenvalue weighted by molar-refractivity contribution is 9.09. The van der Waals surface area contributed by atoms with Crippen LogP contribution >= 0.6 is 39.1 Å². The van der Waals surface area contributed by atoms with E-state index >= 15 is 0 Å². The van der Waals surface area contributed by atoms with Gasteiger partial charge >= 0.3 is 0 Å². The van der Waals surface area contributed by atoms with Gasteiger partial charge < -0.3 is 5.11 Å². The van der Waals surface area contributed by atoms with Gasteiger partial charge in [0.25, 0.3) is 11.8 Å². The number of nitrogens with zero attached hydrogens (tertiary/aromatic N) is 2. The Labute approximate surface area is 255 Å². The number of phenols is 1. The van der Waals surface area contributed by atoms with E-state index in [1.54, 1.807) is 12.1 Å². The number of alkyl halides is 3. The molecule has 41 heavy (non-hydrogen) atoms. The van der Waals surface area contributed by atoms with Gasteiger partial charge in [-0.05, 0) is 48.4 Å². The number of hydrogen-bond acceptors (Lipinski definition) is 5. The number of fused-ring (bicyclic) bond motifs is 5. The monoisotopic (exact) mass is 658 g/mol.